The molecule has 2 aromatic carbocycles. The summed E-state index contributed by atoms with van der Waals surface area (Å²) in [5.41, 5.74) is 2.40. The van der Waals surface area contributed by atoms with Crippen molar-refractivity contribution >= 4 is 16.7 Å². The Bertz CT molecular complexity index is 525. The third-order valence-corrected chi connectivity index (χ3v) is 2.25. The molecule has 2 aromatic rings. The summed E-state index contributed by atoms with van der Waals surface area (Å²) in [6, 6.07) is 9.44. The Kier molecular flexibility index (Phi) is 2.35. The molecule has 0 saturated heterocycles. The molecule has 0 radical (unpaired) electrons. The van der Waals surface area contributed by atoms with E-state index in [2.05, 4.69) is 0 Å². The first-order chi connectivity index (χ1) is 7.24. The molecular weight excluding hydrogens is 195 g/mol. The zero-order valence-corrected chi connectivity index (χ0v) is 7.83. The molecule has 0 aliphatic heterocycles. The van der Waals surface area contributed by atoms with Gasteiger partial charge in [0.05, 0.1) is 0 Å². The minimum absolute atomic E-state index is 0.348. The predicted octanol–water partition coefficient (Wildman–Crippen LogP) is 1.58. The van der Waals surface area contributed by atoms with Gasteiger partial charge < -0.3 is 0 Å². The largest absolute Gasteiger partial charge is 0.290 e. The van der Waals surface area contributed by atoms with Crippen LogP contribution in [0.3, 0.4) is 0 Å². The summed E-state index contributed by atoms with van der Waals surface area (Å²) in [7, 11) is 0. The number of benzene rings is 2. The molecule has 0 atom stereocenters. The second-order valence-corrected chi connectivity index (χ2v) is 3.11. The zero-order valence-electron chi connectivity index (χ0n) is 7.83. The van der Waals surface area contributed by atoms with Gasteiger partial charge in [0.25, 0.3) is 5.91 Å². The molecule has 4 heteroatoms. The van der Waals surface area contributed by atoms with Crippen molar-refractivity contribution in [2.45, 2.75) is 0 Å². The van der Waals surface area contributed by atoms with E-state index in [0.29, 0.717) is 16.3 Å². The van der Waals surface area contributed by atoms with Gasteiger partial charge in [-0.2, -0.15) is 0 Å². The van der Waals surface area contributed by atoms with Crippen molar-refractivity contribution in [2.75, 3.05) is 0 Å². The van der Waals surface area contributed by atoms with Gasteiger partial charge in [0.1, 0.15) is 5.82 Å². The third-order valence-electron chi connectivity index (χ3n) is 2.25. The number of carbonyl (C=O) groups is 1. The van der Waals surface area contributed by atoms with Crippen molar-refractivity contribution in [2.24, 2.45) is 5.84 Å². The van der Waals surface area contributed by atoms with E-state index in [4.69, 9.17) is 5.84 Å². The first-order valence-corrected chi connectivity index (χ1v) is 4.42. The number of rotatable bonds is 1. The van der Waals surface area contributed by atoms with E-state index in [1.54, 1.807) is 24.3 Å². The van der Waals surface area contributed by atoms with Gasteiger partial charge in [0.15, 0.2) is 0 Å². The lowest BCUT2D eigenvalue weighted by molar-refractivity contribution is 0.0955. The van der Waals surface area contributed by atoms with E-state index in [1.807, 2.05) is 5.43 Å². The highest BCUT2D eigenvalue weighted by Gasteiger charge is 2.10. The number of hydrogen-bond donors (Lipinski definition) is 2. The van der Waals surface area contributed by atoms with Crippen LogP contribution in [-0.2, 0) is 0 Å². The van der Waals surface area contributed by atoms with Gasteiger partial charge in [-0.1, -0.05) is 24.3 Å². The highest BCUT2D eigenvalue weighted by atomic mass is 19.1. The average Bonchev–Trinajstić information content (AvgIpc) is 2.29. The summed E-state index contributed by atoms with van der Waals surface area (Å²) >= 11 is 0. The number of halogens is 1. The van der Waals surface area contributed by atoms with Crippen LogP contribution in [0.15, 0.2) is 36.4 Å². The topological polar surface area (TPSA) is 55.1 Å². The lowest BCUT2D eigenvalue weighted by Crippen LogP contribution is -2.30. The van der Waals surface area contributed by atoms with Gasteiger partial charge in [0, 0.05) is 10.9 Å². The van der Waals surface area contributed by atoms with Gasteiger partial charge >= 0.3 is 0 Å². The van der Waals surface area contributed by atoms with Crippen LogP contribution < -0.4 is 11.3 Å². The van der Waals surface area contributed by atoms with Crippen LogP contribution in [0.1, 0.15) is 10.4 Å². The van der Waals surface area contributed by atoms with Crippen LogP contribution in [0, 0.1) is 5.82 Å². The fourth-order valence-corrected chi connectivity index (χ4v) is 1.54. The van der Waals surface area contributed by atoms with E-state index < -0.39 is 5.91 Å². The van der Waals surface area contributed by atoms with Crippen LogP contribution >= 0.6 is 0 Å². The quantitative estimate of drug-likeness (QED) is 0.421. The molecule has 0 aliphatic carbocycles. The summed E-state index contributed by atoms with van der Waals surface area (Å²) in [5.74, 6) is 4.27. The molecule has 1 amide bonds. The lowest BCUT2D eigenvalue weighted by atomic mass is 10.0. The molecule has 0 saturated carbocycles. The van der Waals surface area contributed by atoms with Crippen LogP contribution in [0.2, 0.25) is 0 Å². The number of nitrogens with one attached hydrogen (secondary N) is 1. The van der Waals surface area contributed by atoms with Crippen molar-refractivity contribution in [3.63, 3.8) is 0 Å². The molecule has 0 aromatic heterocycles. The molecule has 0 unspecified atom stereocenters. The van der Waals surface area contributed by atoms with Crippen molar-refractivity contribution in [1.82, 2.24) is 5.43 Å². The second kappa shape index (κ2) is 3.67. The monoisotopic (exact) mass is 204 g/mol. The molecular formula is C11H9FN2O. The molecule has 0 aliphatic rings. The number of nitrogen functional groups attached to an aromatic ring is 1. The Morgan fingerprint density at radius 3 is 2.47 bits per heavy atom. The first kappa shape index (κ1) is 9.61. The lowest BCUT2D eigenvalue weighted by Gasteiger charge is -2.05. The first-order valence-electron chi connectivity index (χ1n) is 4.42. The Morgan fingerprint density at radius 1 is 1.13 bits per heavy atom. The van der Waals surface area contributed by atoms with E-state index in [-0.39, 0.29) is 5.82 Å². The van der Waals surface area contributed by atoms with Crippen molar-refractivity contribution in [1.29, 1.82) is 0 Å². The summed E-state index contributed by atoms with van der Waals surface area (Å²) in [6.07, 6.45) is 0. The highest BCUT2D eigenvalue weighted by Crippen LogP contribution is 2.21. The van der Waals surface area contributed by atoms with Crippen molar-refractivity contribution in [3.8, 4) is 0 Å². The Labute approximate surface area is 85.7 Å². The summed E-state index contributed by atoms with van der Waals surface area (Å²) in [4.78, 5) is 11.4. The Hall–Kier alpha value is -1.94. The van der Waals surface area contributed by atoms with Crippen LogP contribution in [0.5, 0.6) is 0 Å². The molecule has 3 N–H and O–H groups in total. The van der Waals surface area contributed by atoms with Gasteiger partial charge in [-0.05, 0) is 17.5 Å². The van der Waals surface area contributed by atoms with Crippen molar-refractivity contribution in [3.05, 3.63) is 47.8 Å². The third kappa shape index (κ3) is 1.55. The Morgan fingerprint density at radius 2 is 1.80 bits per heavy atom. The summed E-state index contributed by atoms with van der Waals surface area (Å²) < 4.78 is 13.4. The fourth-order valence-electron chi connectivity index (χ4n) is 1.54. The molecule has 2 rings (SSSR count). The zero-order chi connectivity index (χ0) is 10.8. The molecule has 3 nitrogen and oxygen atoms in total. The molecule has 0 spiro atoms. The number of nitrogens with two attached hydrogens (primary N) is 1. The fraction of sp³-hybridized carbons (Fsp3) is 0. The second-order valence-electron chi connectivity index (χ2n) is 3.11. The van der Waals surface area contributed by atoms with Crippen LogP contribution in [0.4, 0.5) is 4.39 Å². The Balaban J connectivity index is 2.77. The van der Waals surface area contributed by atoms with Gasteiger partial charge in [-0.15, -0.1) is 0 Å². The van der Waals surface area contributed by atoms with Gasteiger partial charge in [-0.25, -0.2) is 10.2 Å². The molecule has 76 valence electrons. The van der Waals surface area contributed by atoms with Gasteiger partial charge in [-0.3, -0.25) is 10.2 Å². The smallest absolute Gasteiger partial charge is 0.265 e. The van der Waals surface area contributed by atoms with E-state index in [1.165, 1.54) is 12.1 Å². The number of hydrogen-bond acceptors (Lipinski definition) is 2. The summed E-state index contributed by atoms with van der Waals surface area (Å²) in [6.45, 7) is 0. The minimum Gasteiger partial charge on any atom is -0.290 e. The van der Waals surface area contributed by atoms with Crippen LogP contribution in [0.25, 0.3) is 10.8 Å². The molecule has 0 bridgehead atoms. The van der Waals surface area contributed by atoms with E-state index >= 15 is 0 Å². The standard InChI is InChI=1S/C11H9FN2O/c12-10-6-5-9(11(15)14-13)7-3-1-2-4-8(7)10/h1-6H,13H2,(H,14,15). The van der Waals surface area contributed by atoms with E-state index in [0.717, 1.165) is 0 Å². The maximum atomic E-state index is 13.4. The average molecular weight is 204 g/mol. The van der Waals surface area contributed by atoms with Crippen molar-refractivity contribution < 1.29 is 9.18 Å². The molecule has 15 heavy (non-hydrogen) atoms. The summed E-state index contributed by atoms with van der Waals surface area (Å²) in [5, 5.41) is 0.971. The van der Waals surface area contributed by atoms with E-state index in [9.17, 15) is 9.18 Å². The maximum Gasteiger partial charge on any atom is 0.265 e. The van der Waals surface area contributed by atoms with Gasteiger partial charge in [0.2, 0.25) is 0 Å². The molecule has 0 fully saturated rings. The number of amides is 1. The number of fused-ring (bicyclic) bond motifs is 1. The highest BCUT2D eigenvalue weighted by molar-refractivity contribution is 6.06. The number of hydrazine groups is 1. The molecule has 0 heterocycles. The predicted molar refractivity (Wildman–Crippen MR) is 55.6 cm³/mol. The SMILES string of the molecule is NNC(=O)c1ccc(F)c2ccccc12. The normalized spacial score (nSPS) is 10.3. The number of carbonyl (C=O) groups excluding carboxylic acids is 1. The maximum absolute atomic E-state index is 13.4. The minimum atomic E-state index is -0.425. The van der Waals surface area contributed by atoms with Crippen LogP contribution in [-0.4, -0.2) is 5.91 Å².